The molecule has 0 atom stereocenters. The van der Waals surface area contributed by atoms with Gasteiger partial charge in [0.15, 0.2) is 0 Å². The fraction of sp³-hybridized carbons (Fsp3) is 0.0769. The SMILES string of the molecule is Nc1cccc(F)c1NCc1ccc(F)cc1. The summed E-state index contributed by atoms with van der Waals surface area (Å²) in [6.07, 6.45) is 0. The summed E-state index contributed by atoms with van der Waals surface area (Å²) in [6.45, 7) is 0.394. The molecule has 0 amide bonds. The van der Waals surface area contributed by atoms with Gasteiger partial charge in [-0.05, 0) is 29.8 Å². The van der Waals surface area contributed by atoms with Crippen molar-refractivity contribution in [3.63, 3.8) is 0 Å². The first kappa shape index (κ1) is 11.4. The lowest BCUT2D eigenvalue weighted by molar-refractivity contribution is 0.626. The van der Waals surface area contributed by atoms with Crippen LogP contribution in [0.2, 0.25) is 0 Å². The highest BCUT2D eigenvalue weighted by molar-refractivity contribution is 5.66. The number of nitrogens with two attached hydrogens (primary N) is 1. The van der Waals surface area contributed by atoms with E-state index < -0.39 is 5.82 Å². The molecular formula is C13H12F2N2. The molecule has 0 aliphatic heterocycles. The van der Waals surface area contributed by atoms with Crippen molar-refractivity contribution < 1.29 is 8.78 Å². The molecule has 0 saturated heterocycles. The zero-order valence-corrected chi connectivity index (χ0v) is 9.08. The van der Waals surface area contributed by atoms with Crippen molar-refractivity contribution in [1.82, 2.24) is 0 Å². The second-order valence-electron chi connectivity index (χ2n) is 3.68. The number of para-hydroxylation sites is 1. The normalized spacial score (nSPS) is 10.2. The Bertz CT molecular complexity index is 489. The van der Waals surface area contributed by atoms with Gasteiger partial charge < -0.3 is 11.1 Å². The van der Waals surface area contributed by atoms with Crippen molar-refractivity contribution in [3.05, 3.63) is 59.7 Å². The molecule has 17 heavy (non-hydrogen) atoms. The Labute approximate surface area is 98.1 Å². The Morgan fingerprint density at radius 3 is 2.35 bits per heavy atom. The molecule has 0 radical (unpaired) electrons. The highest BCUT2D eigenvalue weighted by Crippen LogP contribution is 2.22. The number of hydrogen-bond donors (Lipinski definition) is 2. The van der Waals surface area contributed by atoms with E-state index in [9.17, 15) is 8.78 Å². The number of rotatable bonds is 3. The molecule has 2 aromatic carbocycles. The van der Waals surface area contributed by atoms with Crippen molar-refractivity contribution in [2.75, 3.05) is 11.1 Å². The van der Waals surface area contributed by atoms with Crippen molar-refractivity contribution in [2.24, 2.45) is 0 Å². The van der Waals surface area contributed by atoms with E-state index in [-0.39, 0.29) is 11.5 Å². The van der Waals surface area contributed by atoms with Gasteiger partial charge in [0, 0.05) is 6.54 Å². The topological polar surface area (TPSA) is 38.0 Å². The van der Waals surface area contributed by atoms with Gasteiger partial charge in [-0.25, -0.2) is 8.78 Å². The van der Waals surface area contributed by atoms with E-state index in [2.05, 4.69) is 5.32 Å². The average molecular weight is 234 g/mol. The largest absolute Gasteiger partial charge is 0.397 e. The van der Waals surface area contributed by atoms with Gasteiger partial charge in [-0.1, -0.05) is 18.2 Å². The van der Waals surface area contributed by atoms with Gasteiger partial charge >= 0.3 is 0 Å². The summed E-state index contributed by atoms with van der Waals surface area (Å²) in [6, 6.07) is 10.5. The van der Waals surface area contributed by atoms with E-state index in [1.807, 2.05) is 0 Å². The van der Waals surface area contributed by atoms with Crippen LogP contribution in [0.4, 0.5) is 20.2 Å². The summed E-state index contributed by atoms with van der Waals surface area (Å²) in [5, 5.41) is 2.89. The lowest BCUT2D eigenvalue weighted by Gasteiger charge is -2.10. The molecular weight excluding hydrogens is 222 g/mol. The Kier molecular flexibility index (Phi) is 3.23. The van der Waals surface area contributed by atoms with Crippen molar-refractivity contribution in [2.45, 2.75) is 6.54 Å². The van der Waals surface area contributed by atoms with Gasteiger partial charge in [0.25, 0.3) is 0 Å². The van der Waals surface area contributed by atoms with Crippen molar-refractivity contribution >= 4 is 11.4 Å². The standard InChI is InChI=1S/C13H12F2N2/c14-10-6-4-9(5-7-10)8-17-13-11(15)2-1-3-12(13)16/h1-7,17H,8,16H2. The van der Waals surface area contributed by atoms with Crippen LogP contribution >= 0.6 is 0 Å². The third-order valence-electron chi connectivity index (χ3n) is 2.43. The van der Waals surface area contributed by atoms with Crippen LogP contribution in [0.1, 0.15) is 5.56 Å². The molecule has 4 heteroatoms. The predicted octanol–water partition coefficient (Wildman–Crippen LogP) is 3.16. The Morgan fingerprint density at radius 2 is 1.71 bits per heavy atom. The van der Waals surface area contributed by atoms with Crippen LogP contribution < -0.4 is 11.1 Å². The van der Waals surface area contributed by atoms with E-state index in [0.717, 1.165) is 5.56 Å². The van der Waals surface area contributed by atoms with Gasteiger partial charge in [0.1, 0.15) is 11.6 Å². The molecule has 3 N–H and O–H groups in total. The quantitative estimate of drug-likeness (QED) is 0.800. The maximum absolute atomic E-state index is 13.4. The van der Waals surface area contributed by atoms with E-state index in [1.165, 1.54) is 18.2 Å². The van der Waals surface area contributed by atoms with Crippen LogP contribution in [0.25, 0.3) is 0 Å². The van der Waals surface area contributed by atoms with Crippen molar-refractivity contribution in [1.29, 1.82) is 0 Å². The van der Waals surface area contributed by atoms with Crippen LogP contribution in [-0.4, -0.2) is 0 Å². The number of benzene rings is 2. The van der Waals surface area contributed by atoms with Crippen LogP contribution in [0.15, 0.2) is 42.5 Å². The zero-order chi connectivity index (χ0) is 12.3. The molecule has 0 spiro atoms. The van der Waals surface area contributed by atoms with E-state index in [4.69, 9.17) is 5.73 Å². The molecule has 0 saturated carbocycles. The summed E-state index contributed by atoms with van der Waals surface area (Å²) in [7, 11) is 0. The van der Waals surface area contributed by atoms with Gasteiger partial charge in [0.2, 0.25) is 0 Å². The lowest BCUT2D eigenvalue weighted by Crippen LogP contribution is -2.04. The number of nitrogens with one attached hydrogen (secondary N) is 1. The minimum atomic E-state index is -0.396. The highest BCUT2D eigenvalue weighted by atomic mass is 19.1. The van der Waals surface area contributed by atoms with Crippen LogP contribution in [0.5, 0.6) is 0 Å². The molecule has 0 unspecified atom stereocenters. The smallest absolute Gasteiger partial charge is 0.148 e. The molecule has 0 aliphatic carbocycles. The van der Waals surface area contributed by atoms with Crippen LogP contribution in [-0.2, 0) is 6.54 Å². The maximum Gasteiger partial charge on any atom is 0.148 e. The minimum Gasteiger partial charge on any atom is -0.397 e. The predicted molar refractivity (Wildman–Crippen MR) is 64.5 cm³/mol. The number of halogens is 2. The minimum absolute atomic E-state index is 0.275. The number of nitrogen functional groups attached to an aromatic ring is 1. The lowest BCUT2D eigenvalue weighted by atomic mass is 10.2. The monoisotopic (exact) mass is 234 g/mol. The van der Waals surface area contributed by atoms with Gasteiger partial charge in [-0.3, -0.25) is 0 Å². The third kappa shape index (κ3) is 2.72. The maximum atomic E-state index is 13.4. The highest BCUT2D eigenvalue weighted by Gasteiger charge is 2.04. The summed E-state index contributed by atoms with van der Waals surface area (Å²) in [5.74, 6) is -0.689. The third-order valence-corrected chi connectivity index (χ3v) is 2.43. The van der Waals surface area contributed by atoms with E-state index in [1.54, 1.807) is 24.3 Å². The number of hydrogen-bond acceptors (Lipinski definition) is 2. The molecule has 0 aromatic heterocycles. The molecule has 0 fully saturated rings. The van der Waals surface area contributed by atoms with Gasteiger partial charge in [0.05, 0.1) is 11.4 Å². The number of anilines is 2. The van der Waals surface area contributed by atoms with Crippen LogP contribution in [0, 0.1) is 11.6 Å². The Balaban J connectivity index is 2.10. The first-order valence-electron chi connectivity index (χ1n) is 5.19. The first-order chi connectivity index (χ1) is 8.16. The van der Waals surface area contributed by atoms with E-state index >= 15 is 0 Å². The van der Waals surface area contributed by atoms with Gasteiger partial charge in [-0.2, -0.15) is 0 Å². The molecule has 0 bridgehead atoms. The average Bonchev–Trinajstić information content (AvgIpc) is 2.31. The fourth-order valence-electron chi connectivity index (χ4n) is 1.52. The molecule has 0 heterocycles. The second-order valence-corrected chi connectivity index (χ2v) is 3.68. The molecule has 2 rings (SSSR count). The summed E-state index contributed by atoms with van der Waals surface area (Å²) in [5.41, 5.74) is 7.13. The molecule has 0 aliphatic rings. The summed E-state index contributed by atoms with van der Waals surface area (Å²) >= 11 is 0. The molecule has 2 nitrogen and oxygen atoms in total. The summed E-state index contributed by atoms with van der Waals surface area (Å²) < 4.78 is 26.1. The van der Waals surface area contributed by atoms with Crippen LogP contribution in [0.3, 0.4) is 0 Å². The van der Waals surface area contributed by atoms with Crippen molar-refractivity contribution in [3.8, 4) is 0 Å². The van der Waals surface area contributed by atoms with E-state index in [0.29, 0.717) is 12.2 Å². The molecule has 88 valence electrons. The first-order valence-corrected chi connectivity index (χ1v) is 5.19. The fourth-order valence-corrected chi connectivity index (χ4v) is 1.52. The Morgan fingerprint density at radius 1 is 1.00 bits per heavy atom. The zero-order valence-electron chi connectivity index (χ0n) is 9.08. The summed E-state index contributed by atoms with van der Waals surface area (Å²) in [4.78, 5) is 0. The molecule has 2 aromatic rings. The Hall–Kier alpha value is -2.10. The van der Waals surface area contributed by atoms with Gasteiger partial charge in [-0.15, -0.1) is 0 Å². The second kappa shape index (κ2) is 4.82.